The Morgan fingerprint density at radius 1 is 1.29 bits per heavy atom. The molecule has 8 heteroatoms. The van der Waals surface area contributed by atoms with Crippen molar-refractivity contribution in [3.63, 3.8) is 0 Å². The Morgan fingerprint density at radius 3 is 2.52 bits per heavy atom. The Hall–Kier alpha value is -2.48. The summed E-state index contributed by atoms with van der Waals surface area (Å²) in [6.45, 7) is 0. The summed E-state index contributed by atoms with van der Waals surface area (Å²) in [4.78, 5) is 18.8. The molecule has 7 nitrogen and oxygen atoms in total. The smallest absolute Gasteiger partial charge is 0.339 e. The molecule has 0 aliphatic carbocycles. The number of benzene rings is 1. The van der Waals surface area contributed by atoms with Crippen LogP contribution in [0.15, 0.2) is 35.6 Å². The average molecular weight is 308 g/mol. The molecule has 0 saturated carbocycles. The fourth-order valence-electron chi connectivity index (χ4n) is 1.75. The van der Waals surface area contributed by atoms with Crippen LogP contribution in [0.25, 0.3) is 11.3 Å². The number of carbonyl (C=O) groups is 1. The van der Waals surface area contributed by atoms with Gasteiger partial charge in [0.2, 0.25) is 15.0 Å². The Morgan fingerprint density at radius 2 is 1.95 bits per heavy atom. The van der Waals surface area contributed by atoms with E-state index in [1.165, 1.54) is 7.11 Å². The minimum Gasteiger partial charge on any atom is -0.496 e. The molecule has 2 aromatic rings. The van der Waals surface area contributed by atoms with Crippen LogP contribution in [0, 0.1) is 0 Å². The molecule has 0 aliphatic rings. The number of para-hydroxylation sites is 1. The molecule has 0 radical (unpaired) electrons. The number of hydrogen-bond acceptors (Lipinski definition) is 6. The quantitative estimate of drug-likeness (QED) is 0.847. The van der Waals surface area contributed by atoms with Crippen LogP contribution in [-0.2, 0) is 9.84 Å². The Balaban J connectivity index is 2.78. The molecule has 1 N–H and O–H groups in total. The number of carboxylic acid groups (broad SMARTS) is 1. The molecular formula is C13H12N2O5S. The maximum Gasteiger partial charge on any atom is 0.339 e. The zero-order valence-corrected chi connectivity index (χ0v) is 12.1. The summed E-state index contributed by atoms with van der Waals surface area (Å²) >= 11 is 0. The Bertz CT molecular complexity index is 802. The molecule has 1 heterocycles. The lowest BCUT2D eigenvalue weighted by atomic mass is 10.1. The van der Waals surface area contributed by atoms with E-state index < -0.39 is 21.0 Å². The van der Waals surface area contributed by atoms with Gasteiger partial charge in [-0.1, -0.05) is 12.1 Å². The van der Waals surface area contributed by atoms with Crippen molar-refractivity contribution in [2.45, 2.75) is 5.16 Å². The minimum absolute atomic E-state index is 0.00428. The van der Waals surface area contributed by atoms with Gasteiger partial charge in [0.05, 0.1) is 12.8 Å². The van der Waals surface area contributed by atoms with Crippen molar-refractivity contribution >= 4 is 15.8 Å². The van der Waals surface area contributed by atoms with Crippen LogP contribution in [0.4, 0.5) is 0 Å². The lowest BCUT2D eigenvalue weighted by Gasteiger charge is -2.10. The van der Waals surface area contributed by atoms with Gasteiger partial charge in [0.25, 0.3) is 0 Å². The lowest BCUT2D eigenvalue weighted by Crippen LogP contribution is -2.10. The molecule has 1 aromatic carbocycles. The van der Waals surface area contributed by atoms with Crippen molar-refractivity contribution in [1.82, 2.24) is 9.97 Å². The lowest BCUT2D eigenvalue weighted by molar-refractivity contribution is 0.0696. The van der Waals surface area contributed by atoms with Crippen LogP contribution >= 0.6 is 0 Å². The number of carboxylic acids is 1. The summed E-state index contributed by atoms with van der Waals surface area (Å²) in [5, 5.41) is 8.78. The normalized spacial score (nSPS) is 11.1. The van der Waals surface area contributed by atoms with Crippen LogP contribution in [0.3, 0.4) is 0 Å². The monoisotopic (exact) mass is 308 g/mol. The number of rotatable bonds is 4. The van der Waals surface area contributed by atoms with Crippen molar-refractivity contribution in [3.8, 4) is 17.0 Å². The van der Waals surface area contributed by atoms with Crippen molar-refractivity contribution in [3.05, 3.63) is 36.0 Å². The van der Waals surface area contributed by atoms with Gasteiger partial charge in [0.1, 0.15) is 11.3 Å². The van der Waals surface area contributed by atoms with E-state index in [0.717, 1.165) is 12.5 Å². The van der Waals surface area contributed by atoms with E-state index >= 15 is 0 Å². The third kappa shape index (κ3) is 3.00. The summed E-state index contributed by atoms with van der Waals surface area (Å²) in [5.41, 5.74) is 0.173. The number of hydrogen-bond donors (Lipinski definition) is 1. The van der Waals surface area contributed by atoms with Crippen LogP contribution in [-0.4, -0.2) is 42.8 Å². The van der Waals surface area contributed by atoms with E-state index in [-0.39, 0.29) is 11.3 Å². The SMILES string of the molecule is COc1ccccc1-c1nc(S(C)(=O)=O)ncc1C(=O)O. The van der Waals surface area contributed by atoms with Crippen molar-refractivity contribution in [2.24, 2.45) is 0 Å². The highest BCUT2D eigenvalue weighted by atomic mass is 32.2. The zero-order chi connectivity index (χ0) is 15.6. The second-order valence-corrected chi connectivity index (χ2v) is 6.10. The van der Waals surface area contributed by atoms with Gasteiger partial charge in [-0.2, -0.15) is 0 Å². The van der Waals surface area contributed by atoms with E-state index in [9.17, 15) is 18.3 Å². The summed E-state index contributed by atoms with van der Waals surface area (Å²) in [6, 6.07) is 6.61. The van der Waals surface area contributed by atoms with Gasteiger partial charge >= 0.3 is 5.97 Å². The fourth-order valence-corrected chi connectivity index (χ4v) is 2.25. The number of aromatic carboxylic acids is 1. The molecular weight excluding hydrogens is 296 g/mol. The molecule has 0 aliphatic heterocycles. The second kappa shape index (κ2) is 5.49. The van der Waals surface area contributed by atoms with Gasteiger partial charge in [0, 0.05) is 18.0 Å². The van der Waals surface area contributed by atoms with Crippen LogP contribution in [0.2, 0.25) is 0 Å². The predicted octanol–water partition coefficient (Wildman–Crippen LogP) is 1.25. The second-order valence-electron chi connectivity index (χ2n) is 4.19. The number of ether oxygens (including phenoxy) is 1. The average Bonchev–Trinajstić information content (AvgIpc) is 2.45. The molecule has 110 valence electrons. The van der Waals surface area contributed by atoms with Crippen molar-refractivity contribution in [1.29, 1.82) is 0 Å². The van der Waals surface area contributed by atoms with Crippen molar-refractivity contribution in [2.75, 3.05) is 13.4 Å². The first-order valence-electron chi connectivity index (χ1n) is 5.78. The maximum absolute atomic E-state index is 11.5. The van der Waals surface area contributed by atoms with E-state index in [0.29, 0.717) is 11.3 Å². The fraction of sp³-hybridized carbons (Fsp3) is 0.154. The molecule has 0 bridgehead atoms. The topological polar surface area (TPSA) is 106 Å². The molecule has 1 aromatic heterocycles. The molecule has 0 amide bonds. The molecule has 0 saturated heterocycles. The molecule has 0 spiro atoms. The first-order valence-corrected chi connectivity index (χ1v) is 7.67. The maximum atomic E-state index is 11.5. The van der Waals surface area contributed by atoms with Crippen LogP contribution in [0.1, 0.15) is 10.4 Å². The minimum atomic E-state index is -3.65. The predicted molar refractivity (Wildman–Crippen MR) is 74.1 cm³/mol. The molecule has 0 fully saturated rings. The Labute approximate surface area is 121 Å². The first kappa shape index (κ1) is 14.9. The van der Waals surface area contributed by atoms with E-state index in [4.69, 9.17) is 4.74 Å². The van der Waals surface area contributed by atoms with Crippen LogP contribution < -0.4 is 4.74 Å². The summed E-state index contributed by atoms with van der Waals surface area (Å²) < 4.78 is 28.3. The number of methoxy groups -OCH3 is 1. The Kier molecular flexibility index (Phi) is 3.90. The molecule has 0 unspecified atom stereocenters. The summed E-state index contributed by atoms with van der Waals surface area (Å²) in [7, 11) is -2.22. The summed E-state index contributed by atoms with van der Waals surface area (Å²) in [6.07, 6.45) is 1.93. The van der Waals surface area contributed by atoms with Gasteiger partial charge in [-0.25, -0.2) is 23.2 Å². The highest BCUT2D eigenvalue weighted by molar-refractivity contribution is 7.90. The van der Waals surface area contributed by atoms with E-state index in [2.05, 4.69) is 9.97 Å². The molecule has 2 rings (SSSR count). The largest absolute Gasteiger partial charge is 0.496 e. The van der Waals surface area contributed by atoms with Gasteiger partial charge in [-0.15, -0.1) is 0 Å². The number of aromatic nitrogens is 2. The van der Waals surface area contributed by atoms with Gasteiger partial charge in [-0.3, -0.25) is 0 Å². The van der Waals surface area contributed by atoms with Gasteiger partial charge < -0.3 is 9.84 Å². The van der Waals surface area contributed by atoms with Gasteiger partial charge in [0.15, 0.2) is 0 Å². The van der Waals surface area contributed by atoms with Gasteiger partial charge in [-0.05, 0) is 12.1 Å². The highest BCUT2D eigenvalue weighted by Gasteiger charge is 2.21. The molecule has 0 atom stereocenters. The number of nitrogens with zero attached hydrogens (tertiary/aromatic N) is 2. The zero-order valence-electron chi connectivity index (χ0n) is 11.3. The van der Waals surface area contributed by atoms with Crippen LogP contribution in [0.5, 0.6) is 5.75 Å². The standard InChI is InChI=1S/C13H12N2O5S/c1-20-10-6-4-3-5-8(10)11-9(12(16)17)7-14-13(15-11)21(2,18)19/h3-7H,1-2H3,(H,16,17). The third-order valence-electron chi connectivity index (χ3n) is 2.69. The van der Waals surface area contributed by atoms with E-state index in [1.54, 1.807) is 24.3 Å². The number of sulfone groups is 1. The highest BCUT2D eigenvalue weighted by Crippen LogP contribution is 2.30. The van der Waals surface area contributed by atoms with E-state index in [1.807, 2.05) is 0 Å². The first-order chi connectivity index (χ1) is 9.84. The molecule has 21 heavy (non-hydrogen) atoms. The third-order valence-corrected chi connectivity index (χ3v) is 3.55. The summed E-state index contributed by atoms with van der Waals surface area (Å²) in [5.74, 6) is -0.867. The van der Waals surface area contributed by atoms with Crippen molar-refractivity contribution < 1.29 is 23.1 Å².